The summed E-state index contributed by atoms with van der Waals surface area (Å²) in [6.45, 7) is 3.18. The number of sulfone groups is 1. The molecule has 1 aliphatic rings. The SMILES string of the molecule is Cn1cc(Nc2ncc3cnn(CC4CCCN(CCS(C)(=O)=O)C4)c3n2)cn1. The van der Waals surface area contributed by atoms with E-state index in [0.717, 1.165) is 49.2 Å². The Kier molecular flexibility index (Phi) is 5.50. The molecule has 0 amide bonds. The molecular weight excluding hydrogens is 392 g/mol. The Hall–Kier alpha value is -2.53. The Bertz CT molecular complexity index is 1090. The lowest BCUT2D eigenvalue weighted by Crippen LogP contribution is -2.39. The molecule has 3 aromatic heterocycles. The van der Waals surface area contributed by atoms with E-state index in [4.69, 9.17) is 0 Å². The highest BCUT2D eigenvalue weighted by atomic mass is 32.2. The molecule has 1 unspecified atom stereocenters. The molecule has 3 aromatic rings. The molecular formula is C18H26N8O2S. The lowest BCUT2D eigenvalue weighted by molar-refractivity contribution is 0.168. The van der Waals surface area contributed by atoms with E-state index >= 15 is 0 Å². The zero-order valence-electron chi connectivity index (χ0n) is 16.7. The summed E-state index contributed by atoms with van der Waals surface area (Å²) in [5.41, 5.74) is 1.62. The van der Waals surface area contributed by atoms with Gasteiger partial charge in [0.15, 0.2) is 5.65 Å². The second kappa shape index (κ2) is 8.07. The predicted octanol–water partition coefficient (Wildman–Crippen LogP) is 1.06. The molecule has 0 radical (unpaired) electrons. The minimum absolute atomic E-state index is 0.209. The number of fused-ring (bicyclic) bond motifs is 1. The number of nitrogens with one attached hydrogen (secondary N) is 1. The van der Waals surface area contributed by atoms with Crippen LogP contribution in [0.5, 0.6) is 0 Å². The lowest BCUT2D eigenvalue weighted by atomic mass is 9.98. The summed E-state index contributed by atoms with van der Waals surface area (Å²) in [5.74, 6) is 1.13. The van der Waals surface area contributed by atoms with Crippen molar-refractivity contribution in [3.63, 3.8) is 0 Å². The van der Waals surface area contributed by atoms with Crippen LogP contribution in [0.2, 0.25) is 0 Å². The van der Waals surface area contributed by atoms with Crippen LogP contribution in [-0.4, -0.2) is 74.5 Å². The van der Waals surface area contributed by atoms with E-state index in [1.165, 1.54) is 6.26 Å². The largest absolute Gasteiger partial charge is 0.321 e. The third kappa shape index (κ3) is 5.10. The van der Waals surface area contributed by atoms with E-state index < -0.39 is 9.84 Å². The van der Waals surface area contributed by atoms with Crippen LogP contribution >= 0.6 is 0 Å². The number of aryl methyl sites for hydroxylation is 1. The van der Waals surface area contributed by atoms with E-state index in [-0.39, 0.29) is 5.75 Å². The van der Waals surface area contributed by atoms with Crippen molar-refractivity contribution in [1.29, 1.82) is 0 Å². The Balaban J connectivity index is 1.45. The molecule has 1 N–H and O–H groups in total. The van der Waals surface area contributed by atoms with Crippen LogP contribution in [0.4, 0.5) is 11.6 Å². The minimum Gasteiger partial charge on any atom is -0.321 e. The molecule has 0 bridgehead atoms. The van der Waals surface area contributed by atoms with E-state index in [2.05, 4.69) is 30.4 Å². The van der Waals surface area contributed by atoms with Crippen molar-refractivity contribution in [1.82, 2.24) is 34.4 Å². The van der Waals surface area contributed by atoms with Crippen LogP contribution in [0.3, 0.4) is 0 Å². The molecule has 156 valence electrons. The van der Waals surface area contributed by atoms with Gasteiger partial charge in [-0.05, 0) is 25.3 Å². The molecule has 1 fully saturated rings. The second-order valence-corrected chi connectivity index (χ2v) is 10.0. The first kappa shape index (κ1) is 19.8. The average molecular weight is 419 g/mol. The number of hydrogen-bond acceptors (Lipinski definition) is 8. The highest BCUT2D eigenvalue weighted by Gasteiger charge is 2.22. The molecule has 1 saturated heterocycles. The van der Waals surface area contributed by atoms with E-state index in [1.54, 1.807) is 23.3 Å². The van der Waals surface area contributed by atoms with Crippen LogP contribution in [0.25, 0.3) is 11.0 Å². The predicted molar refractivity (Wildman–Crippen MR) is 111 cm³/mol. The smallest absolute Gasteiger partial charge is 0.229 e. The van der Waals surface area contributed by atoms with Crippen LogP contribution in [0.1, 0.15) is 12.8 Å². The van der Waals surface area contributed by atoms with Gasteiger partial charge >= 0.3 is 0 Å². The summed E-state index contributed by atoms with van der Waals surface area (Å²) in [5, 5.41) is 12.7. The summed E-state index contributed by atoms with van der Waals surface area (Å²) >= 11 is 0. The van der Waals surface area contributed by atoms with Crippen LogP contribution < -0.4 is 5.32 Å². The number of piperidine rings is 1. The molecule has 0 spiro atoms. The minimum atomic E-state index is -2.94. The van der Waals surface area contributed by atoms with Crippen molar-refractivity contribution >= 4 is 32.5 Å². The average Bonchev–Trinajstić information content (AvgIpc) is 3.26. The van der Waals surface area contributed by atoms with Crippen LogP contribution in [0.15, 0.2) is 24.8 Å². The molecule has 10 nitrogen and oxygen atoms in total. The fourth-order valence-corrected chi connectivity index (χ4v) is 4.31. The normalized spacial score (nSPS) is 18.3. The summed E-state index contributed by atoms with van der Waals surface area (Å²) in [6, 6.07) is 0. The van der Waals surface area contributed by atoms with Crippen molar-refractivity contribution in [3.8, 4) is 0 Å². The standard InChI is InChI=1S/C18H26N8O2S/c1-24-13-16(10-20-24)22-18-19-8-15-9-21-26(17(15)23-18)12-14-4-3-5-25(11-14)6-7-29(2,27)28/h8-10,13-14H,3-7,11-12H2,1-2H3,(H,19,22,23). The molecule has 1 aliphatic heterocycles. The Morgan fingerprint density at radius 1 is 1.24 bits per heavy atom. The van der Waals surface area contributed by atoms with Gasteiger partial charge in [0.05, 0.1) is 29.2 Å². The highest BCUT2D eigenvalue weighted by Crippen LogP contribution is 2.21. The first-order chi connectivity index (χ1) is 13.9. The van der Waals surface area contributed by atoms with E-state index in [9.17, 15) is 8.42 Å². The molecule has 4 rings (SSSR count). The first-order valence-corrected chi connectivity index (χ1v) is 11.8. The van der Waals surface area contributed by atoms with Gasteiger partial charge in [0.2, 0.25) is 5.95 Å². The van der Waals surface area contributed by atoms with Gasteiger partial charge in [-0.25, -0.2) is 18.1 Å². The number of aromatic nitrogens is 6. The molecule has 1 atom stereocenters. The number of rotatable bonds is 7. The molecule has 11 heteroatoms. The fourth-order valence-electron chi connectivity index (χ4n) is 3.72. The number of hydrogen-bond donors (Lipinski definition) is 1. The molecule has 0 aliphatic carbocycles. The summed E-state index contributed by atoms with van der Waals surface area (Å²) in [7, 11) is -1.08. The molecule has 29 heavy (non-hydrogen) atoms. The van der Waals surface area contributed by atoms with Gasteiger partial charge < -0.3 is 10.2 Å². The zero-order chi connectivity index (χ0) is 20.4. The van der Waals surface area contributed by atoms with Gasteiger partial charge in [-0.1, -0.05) is 0 Å². The number of anilines is 2. The van der Waals surface area contributed by atoms with Gasteiger partial charge in [0.25, 0.3) is 0 Å². The van der Waals surface area contributed by atoms with E-state index in [0.29, 0.717) is 18.4 Å². The third-order valence-corrected chi connectivity index (χ3v) is 6.07. The summed E-state index contributed by atoms with van der Waals surface area (Å²) in [6.07, 6.45) is 10.6. The maximum Gasteiger partial charge on any atom is 0.229 e. The maximum absolute atomic E-state index is 11.5. The quantitative estimate of drug-likeness (QED) is 0.606. The van der Waals surface area contributed by atoms with Crippen molar-refractivity contribution in [2.45, 2.75) is 19.4 Å². The van der Waals surface area contributed by atoms with Crippen molar-refractivity contribution in [2.24, 2.45) is 13.0 Å². The van der Waals surface area contributed by atoms with Gasteiger partial charge in [-0.15, -0.1) is 0 Å². The first-order valence-electron chi connectivity index (χ1n) is 9.70. The summed E-state index contributed by atoms with van der Waals surface area (Å²) < 4.78 is 26.6. The Labute approximate surface area is 169 Å². The van der Waals surface area contributed by atoms with E-state index in [1.807, 2.05) is 17.9 Å². The lowest BCUT2D eigenvalue weighted by Gasteiger charge is -2.32. The van der Waals surface area contributed by atoms with Crippen molar-refractivity contribution < 1.29 is 8.42 Å². The molecule has 0 aromatic carbocycles. The van der Waals surface area contributed by atoms with Gasteiger partial charge in [-0.2, -0.15) is 15.2 Å². The third-order valence-electron chi connectivity index (χ3n) is 5.15. The van der Waals surface area contributed by atoms with Gasteiger partial charge in [-0.3, -0.25) is 4.68 Å². The van der Waals surface area contributed by atoms with Crippen molar-refractivity contribution in [2.75, 3.05) is 37.0 Å². The summed E-state index contributed by atoms with van der Waals surface area (Å²) in [4.78, 5) is 11.2. The van der Waals surface area contributed by atoms with Crippen molar-refractivity contribution in [3.05, 3.63) is 24.8 Å². The van der Waals surface area contributed by atoms with Crippen LogP contribution in [0, 0.1) is 5.92 Å². The molecule has 0 saturated carbocycles. The molecule has 4 heterocycles. The number of nitrogens with zero attached hydrogens (tertiary/aromatic N) is 7. The monoisotopic (exact) mass is 418 g/mol. The maximum atomic E-state index is 11.5. The fraction of sp³-hybridized carbons (Fsp3) is 0.556. The number of likely N-dealkylation sites (tertiary alicyclic amines) is 1. The Morgan fingerprint density at radius 3 is 2.86 bits per heavy atom. The van der Waals surface area contributed by atoms with Crippen LogP contribution in [-0.2, 0) is 23.4 Å². The van der Waals surface area contributed by atoms with Gasteiger partial charge in [0.1, 0.15) is 9.84 Å². The highest BCUT2D eigenvalue weighted by molar-refractivity contribution is 7.90. The van der Waals surface area contributed by atoms with Gasteiger partial charge in [0, 0.05) is 45.3 Å². The zero-order valence-corrected chi connectivity index (χ0v) is 17.5. The topological polar surface area (TPSA) is 111 Å². The Morgan fingerprint density at radius 2 is 2.10 bits per heavy atom. The second-order valence-electron chi connectivity index (χ2n) is 7.77.